The number of allylic oxidation sites excluding steroid dienone is 1. The van der Waals surface area contributed by atoms with Crippen LogP contribution in [0.5, 0.6) is 0 Å². The van der Waals surface area contributed by atoms with Crippen molar-refractivity contribution in [2.24, 2.45) is 0 Å². The lowest BCUT2D eigenvalue weighted by atomic mass is 10.1. The first kappa shape index (κ1) is 19.6. The van der Waals surface area contributed by atoms with Crippen LogP contribution in [0.2, 0.25) is 5.02 Å². The summed E-state index contributed by atoms with van der Waals surface area (Å²) in [5.74, 6) is -1.92. The van der Waals surface area contributed by atoms with E-state index < -0.39 is 12.0 Å². The van der Waals surface area contributed by atoms with Gasteiger partial charge >= 0.3 is 6.18 Å². The lowest BCUT2D eigenvalue weighted by Crippen LogP contribution is -2.20. The summed E-state index contributed by atoms with van der Waals surface area (Å²) >= 11 is 5.91. The zero-order valence-electron chi connectivity index (χ0n) is 14.2. The summed E-state index contributed by atoms with van der Waals surface area (Å²) in [5.41, 5.74) is 2.67. The number of rotatable bonds is 5. The largest absolute Gasteiger partial charge is 0.454 e. The first-order valence-electron chi connectivity index (χ1n) is 8.07. The molecular weight excluding hydrogens is 391 g/mol. The summed E-state index contributed by atoms with van der Waals surface area (Å²) < 4.78 is 36.9. The zero-order chi connectivity index (χ0) is 20.1. The van der Waals surface area contributed by atoms with Crippen LogP contribution in [-0.2, 0) is 4.79 Å². The van der Waals surface area contributed by atoms with Crippen LogP contribution in [0.3, 0.4) is 0 Å². The molecule has 2 aromatic carbocycles. The van der Waals surface area contributed by atoms with Crippen LogP contribution in [0.15, 0.2) is 72.9 Å². The SMILES string of the molecule is O=C(/C=C/Nc1nc(-c2ccccc2)cc(-c2ccc(Cl)cc2)n1)C(F)(F)F. The van der Waals surface area contributed by atoms with E-state index in [1.165, 1.54) is 0 Å². The number of anilines is 1. The van der Waals surface area contributed by atoms with E-state index in [4.69, 9.17) is 11.6 Å². The van der Waals surface area contributed by atoms with E-state index in [0.29, 0.717) is 22.5 Å². The Bertz CT molecular complexity index is 1000. The van der Waals surface area contributed by atoms with Crippen LogP contribution in [0, 0.1) is 0 Å². The van der Waals surface area contributed by atoms with E-state index in [1.807, 2.05) is 30.3 Å². The molecule has 3 rings (SSSR count). The third kappa shape index (κ3) is 4.95. The molecule has 0 aliphatic carbocycles. The van der Waals surface area contributed by atoms with Crippen LogP contribution in [-0.4, -0.2) is 21.9 Å². The molecule has 4 nitrogen and oxygen atoms in total. The van der Waals surface area contributed by atoms with Crippen molar-refractivity contribution in [2.75, 3.05) is 5.32 Å². The molecular formula is C20H13ClF3N3O. The third-order valence-corrected chi connectivity index (χ3v) is 3.91. The van der Waals surface area contributed by atoms with Gasteiger partial charge in [-0.3, -0.25) is 4.79 Å². The molecule has 0 aliphatic rings. The Balaban J connectivity index is 1.97. The molecule has 1 aromatic heterocycles. The Hall–Kier alpha value is -3.19. The van der Waals surface area contributed by atoms with E-state index in [1.54, 1.807) is 30.3 Å². The minimum absolute atomic E-state index is 0.0533. The molecule has 0 radical (unpaired) electrons. The van der Waals surface area contributed by atoms with Crippen LogP contribution >= 0.6 is 11.6 Å². The van der Waals surface area contributed by atoms with E-state index >= 15 is 0 Å². The quantitative estimate of drug-likeness (QED) is 0.570. The van der Waals surface area contributed by atoms with Gasteiger partial charge in [0.2, 0.25) is 5.95 Å². The molecule has 0 saturated heterocycles. The molecule has 0 aliphatic heterocycles. The monoisotopic (exact) mass is 403 g/mol. The van der Waals surface area contributed by atoms with Gasteiger partial charge in [-0.1, -0.05) is 54.1 Å². The number of nitrogens with zero attached hydrogens (tertiary/aromatic N) is 2. The Morgan fingerprint density at radius 2 is 1.50 bits per heavy atom. The Labute approximate surface area is 163 Å². The molecule has 1 N–H and O–H groups in total. The smallest absolute Gasteiger partial charge is 0.331 e. The molecule has 28 heavy (non-hydrogen) atoms. The summed E-state index contributed by atoms with van der Waals surface area (Å²) in [6, 6.07) is 17.9. The first-order chi connectivity index (χ1) is 13.3. The molecule has 3 aromatic rings. The van der Waals surface area contributed by atoms with E-state index in [0.717, 1.165) is 17.3 Å². The van der Waals surface area contributed by atoms with Gasteiger partial charge in [-0.15, -0.1) is 0 Å². The molecule has 0 amide bonds. The Kier molecular flexibility index (Phi) is 5.75. The molecule has 0 atom stereocenters. The molecule has 1 heterocycles. The van der Waals surface area contributed by atoms with Crippen LogP contribution in [0.25, 0.3) is 22.5 Å². The van der Waals surface area contributed by atoms with Crippen LogP contribution in [0.1, 0.15) is 0 Å². The average molecular weight is 404 g/mol. The minimum Gasteiger partial charge on any atom is -0.331 e. The van der Waals surface area contributed by atoms with Gasteiger partial charge in [-0.25, -0.2) is 9.97 Å². The van der Waals surface area contributed by atoms with Crippen molar-refractivity contribution in [1.29, 1.82) is 0 Å². The van der Waals surface area contributed by atoms with Crippen molar-refractivity contribution in [3.8, 4) is 22.5 Å². The lowest BCUT2D eigenvalue weighted by Gasteiger charge is -2.09. The number of hydrogen-bond donors (Lipinski definition) is 1. The standard InChI is InChI=1S/C20H13ClF3N3O/c21-15-8-6-14(7-9-15)17-12-16(13-4-2-1-3-5-13)26-19(27-17)25-11-10-18(28)20(22,23)24/h1-12H,(H,25,26,27)/b11-10+. The summed E-state index contributed by atoms with van der Waals surface area (Å²) in [5, 5.41) is 3.09. The predicted molar refractivity (Wildman–Crippen MR) is 102 cm³/mol. The van der Waals surface area contributed by atoms with Gasteiger partial charge in [0.1, 0.15) is 0 Å². The Morgan fingerprint density at radius 3 is 2.07 bits per heavy atom. The van der Waals surface area contributed by atoms with Crippen molar-refractivity contribution in [1.82, 2.24) is 9.97 Å². The molecule has 8 heteroatoms. The second-order valence-corrected chi connectivity index (χ2v) is 6.11. The van der Waals surface area contributed by atoms with Gasteiger partial charge in [0.25, 0.3) is 5.78 Å². The van der Waals surface area contributed by atoms with Gasteiger partial charge in [0.05, 0.1) is 11.4 Å². The normalized spacial score (nSPS) is 11.6. The highest BCUT2D eigenvalue weighted by Crippen LogP contribution is 2.26. The highest BCUT2D eigenvalue weighted by molar-refractivity contribution is 6.30. The second-order valence-electron chi connectivity index (χ2n) is 5.67. The number of aromatic nitrogens is 2. The van der Waals surface area contributed by atoms with Gasteiger partial charge in [-0.05, 0) is 18.2 Å². The number of benzene rings is 2. The molecule has 0 spiro atoms. The lowest BCUT2D eigenvalue weighted by molar-refractivity contribution is -0.165. The number of carbonyl (C=O) groups is 1. The molecule has 0 bridgehead atoms. The van der Waals surface area contributed by atoms with Gasteiger partial charge in [-0.2, -0.15) is 13.2 Å². The van der Waals surface area contributed by atoms with Crippen molar-refractivity contribution in [3.05, 3.63) is 78.0 Å². The topological polar surface area (TPSA) is 54.9 Å². The number of ketones is 1. The number of hydrogen-bond acceptors (Lipinski definition) is 4. The maximum atomic E-state index is 12.3. The average Bonchev–Trinajstić information content (AvgIpc) is 2.68. The summed E-state index contributed by atoms with van der Waals surface area (Å²) in [7, 11) is 0. The molecule has 0 saturated carbocycles. The van der Waals surface area contributed by atoms with Crippen molar-refractivity contribution >= 4 is 23.3 Å². The van der Waals surface area contributed by atoms with Crippen molar-refractivity contribution < 1.29 is 18.0 Å². The fraction of sp³-hybridized carbons (Fsp3) is 0.0500. The van der Waals surface area contributed by atoms with Gasteiger partial charge in [0.15, 0.2) is 0 Å². The van der Waals surface area contributed by atoms with Crippen LogP contribution in [0.4, 0.5) is 19.1 Å². The fourth-order valence-corrected chi connectivity index (χ4v) is 2.45. The summed E-state index contributed by atoms with van der Waals surface area (Å²) in [4.78, 5) is 19.6. The fourth-order valence-electron chi connectivity index (χ4n) is 2.32. The highest BCUT2D eigenvalue weighted by atomic mass is 35.5. The predicted octanol–water partition coefficient (Wildman–Crippen LogP) is 5.52. The molecule has 142 valence electrons. The molecule has 0 fully saturated rings. The zero-order valence-corrected chi connectivity index (χ0v) is 15.0. The first-order valence-corrected chi connectivity index (χ1v) is 8.45. The minimum atomic E-state index is -4.93. The van der Waals surface area contributed by atoms with Crippen LogP contribution < -0.4 is 5.32 Å². The third-order valence-electron chi connectivity index (χ3n) is 3.66. The maximum Gasteiger partial charge on any atom is 0.454 e. The van der Waals surface area contributed by atoms with E-state index in [-0.39, 0.29) is 5.95 Å². The maximum absolute atomic E-state index is 12.3. The number of alkyl halides is 3. The second kappa shape index (κ2) is 8.22. The number of carbonyl (C=O) groups excluding carboxylic acids is 1. The van der Waals surface area contributed by atoms with Crippen molar-refractivity contribution in [3.63, 3.8) is 0 Å². The van der Waals surface area contributed by atoms with E-state index in [9.17, 15) is 18.0 Å². The summed E-state index contributed by atoms with van der Waals surface area (Å²) in [6.07, 6.45) is -3.68. The van der Waals surface area contributed by atoms with Crippen molar-refractivity contribution in [2.45, 2.75) is 6.18 Å². The van der Waals surface area contributed by atoms with Gasteiger partial charge < -0.3 is 5.32 Å². The van der Waals surface area contributed by atoms with E-state index in [2.05, 4.69) is 15.3 Å². The van der Waals surface area contributed by atoms with Gasteiger partial charge in [0, 0.05) is 28.4 Å². The Morgan fingerprint density at radius 1 is 0.929 bits per heavy atom. The highest BCUT2D eigenvalue weighted by Gasteiger charge is 2.36. The summed E-state index contributed by atoms with van der Waals surface area (Å²) in [6.45, 7) is 0. The number of halogens is 4. The number of nitrogens with one attached hydrogen (secondary N) is 1. The molecule has 0 unspecified atom stereocenters.